The van der Waals surface area contributed by atoms with Gasteiger partial charge in [-0.2, -0.15) is 0 Å². The zero-order valence-corrected chi connectivity index (χ0v) is 9.92. The standard InChI is InChI=1S/C13H21NO/c1-13(2,10-14)8-11-5-4-6-12(7-11)9-15-3/h4-7H,8-10,14H2,1-3H3. The summed E-state index contributed by atoms with van der Waals surface area (Å²) in [5.74, 6) is 0. The molecule has 2 heteroatoms. The van der Waals surface area contributed by atoms with E-state index < -0.39 is 0 Å². The number of rotatable bonds is 5. The Hall–Kier alpha value is -0.860. The highest BCUT2D eigenvalue weighted by atomic mass is 16.5. The van der Waals surface area contributed by atoms with E-state index in [9.17, 15) is 0 Å². The lowest BCUT2D eigenvalue weighted by molar-refractivity contribution is 0.185. The number of hydrogen-bond acceptors (Lipinski definition) is 2. The number of ether oxygens (including phenoxy) is 1. The van der Waals surface area contributed by atoms with Crippen LogP contribution in [0.1, 0.15) is 25.0 Å². The maximum Gasteiger partial charge on any atom is 0.0713 e. The minimum absolute atomic E-state index is 0.172. The summed E-state index contributed by atoms with van der Waals surface area (Å²) in [6.45, 7) is 5.77. The van der Waals surface area contributed by atoms with E-state index >= 15 is 0 Å². The number of benzene rings is 1. The van der Waals surface area contributed by atoms with Crippen molar-refractivity contribution in [1.29, 1.82) is 0 Å². The van der Waals surface area contributed by atoms with Gasteiger partial charge in [-0.3, -0.25) is 0 Å². The van der Waals surface area contributed by atoms with E-state index in [2.05, 4.69) is 38.1 Å². The summed E-state index contributed by atoms with van der Waals surface area (Å²) in [5.41, 5.74) is 8.46. The third-order valence-corrected chi connectivity index (χ3v) is 2.54. The molecule has 0 spiro atoms. The highest BCUT2D eigenvalue weighted by Gasteiger charge is 2.16. The summed E-state index contributed by atoms with van der Waals surface area (Å²) < 4.78 is 5.11. The predicted molar refractivity (Wildman–Crippen MR) is 63.7 cm³/mol. The number of methoxy groups -OCH3 is 1. The van der Waals surface area contributed by atoms with Crippen molar-refractivity contribution in [3.05, 3.63) is 35.4 Å². The summed E-state index contributed by atoms with van der Waals surface area (Å²) in [6.07, 6.45) is 1.01. The third kappa shape index (κ3) is 4.02. The molecule has 0 saturated carbocycles. The van der Waals surface area contributed by atoms with Crippen molar-refractivity contribution in [3.8, 4) is 0 Å². The monoisotopic (exact) mass is 207 g/mol. The molecule has 0 amide bonds. The van der Waals surface area contributed by atoms with Gasteiger partial charge in [0.2, 0.25) is 0 Å². The smallest absolute Gasteiger partial charge is 0.0713 e. The quantitative estimate of drug-likeness (QED) is 0.804. The molecule has 0 heterocycles. The Morgan fingerprint density at radius 2 is 1.93 bits per heavy atom. The van der Waals surface area contributed by atoms with Crippen LogP contribution in [-0.4, -0.2) is 13.7 Å². The lowest BCUT2D eigenvalue weighted by Gasteiger charge is -2.22. The van der Waals surface area contributed by atoms with Crippen molar-refractivity contribution in [3.63, 3.8) is 0 Å². The summed E-state index contributed by atoms with van der Waals surface area (Å²) in [6, 6.07) is 8.51. The Morgan fingerprint density at radius 3 is 2.53 bits per heavy atom. The second kappa shape index (κ2) is 5.29. The van der Waals surface area contributed by atoms with Gasteiger partial charge in [0.1, 0.15) is 0 Å². The van der Waals surface area contributed by atoms with Gasteiger partial charge in [0.05, 0.1) is 6.61 Å². The van der Waals surface area contributed by atoms with Crippen molar-refractivity contribution < 1.29 is 4.74 Å². The molecule has 1 aromatic carbocycles. The van der Waals surface area contributed by atoms with E-state index in [1.54, 1.807) is 7.11 Å². The molecule has 0 aliphatic heterocycles. The van der Waals surface area contributed by atoms with E-state index in [4.69, 9.17) is 10.5 Å². The average Bonchev–Trinajstić information content (AvgIpc) is 2.18. The van der Waals surface area contributed by atoms with Crippen LogP contribution in [-0.2, 0) is 17.8 Å². The Bertz CT molecular complexity index is 307. The van der Waals surface area contributed by atoms with E-state index in [-0.39, 0.29) is 5.41 Å². The van der Waals surface area contributed by atoms with Crippen LogP contribution in [0.2, 0.25) is 0 Å². The van der Waals surface area contributed by atoms with Gasteiger partial charge >= 0.3 is 0 Å². The maximum atomic E-state index is 5.73. The van der Waals surface area contributed by atoms with Crippen LogP contribution in [0, 0.1) is 5.41 Å². The molecule has 0 radical (unpaired) electrons. The molecule has 0 fully saturated rings. The Kier molecular flexibility index (Phi) is 4.30. The van der Waals surface area contributed by atoms with Gasteiger partial charge in [-0.25, -0.2) is 0 Å². The number of nitrogens with two attached hydrogens (primary N) is 1. The molecule has 0 aromatic heterocycles. The fraction of sp³-hybridized carbons (Fsp3) is 0.538. The normalized spacial score (nSPS) is 11.7. The molecule has 1 aromatic rings. The second-order valence-electron chi connectivity index (χ2n) is 4.80. The van der Waals surface area contributed by atoms with Gasteiger partial charge in [-0.1, -0.05) is 38.1 Å². The molecule has 2 nitrogen and oxygen atoms in total. The lowest BCUT2D eigenvalue weighted by atomic mass is 9.85. The summed E-state index contributed by atoms with van der Waals surface area (Å²) in [4.78, 5) is 0. The topological polar surface area (TPSA) is 35.2 Å². The van der Waals surface area contributed by atoms with E-state index in [1.807, 2.05) is 0 Å². The zero-order chi connectivity index (χ0) is 11.3. The van der Waals surface area contributed by atoms with E-state index in [1.165, 1.54) is 11.1 Å². The van der Waals surface area contributed by atoms with Gasteiger partial charge in [0.25, 0.3) is 0 Å². The predicted octanol–water partition coefficient (Wildman–Crippen LogP) is 2.36. The zero-order valence-electron chi connectivity index (χ0n) is 9.92. The fourth-order valence-electron chi connectivity index (χ4n) is 1.62. The van der Waals surface area contributed by atoms with Crippen LogP contribution in [0.3, 0.4) is 0 Å². The van der Waals surface area contributed by atoms with Gasteiger partial charge < -0.3 is 10.5 Å². The molecule has 0 saturated heterocycles. The third-order valence-electron chi connectivity index (χ3n) is 2.54. The molecule has 1 rings (SSSR count). The van der Waals surface area contributed by atoms with Crippen LogP contribution in [0.15, 0.2) is 24.3 Å². The first-order chi connectivity index (χ1) is 7.07. The van der Waals surface area contributed by atoms with Crippen molar-refractivity contribution >= 4 is 0 Å². The number of hydrogen-bond donors (Lipinski definition) is 1. The Balaban J connectivity index is 2.73. The van der Waals surface area contributed by atoms with Crippen LogP contribution < -0.4 is 5.73 Å². The average molecular weight is 207 g/mol. The molecular weight excluding hydrogens is 186 g/mol. The highest BCUT2D eigenvalue weighted by molar-refractivity contribution is 5.24. The largest absolute Gasteiger partial charge is 0.380 e. The maximum absolute atomic E-state index is 5.73. The summed E-state index contributed by atoms with van der Waals surface area (Å²) in [5, 5.41) is 0. The van der Waals surface area contributed by atoms with Crippen molar-refractivity contribution in [2.45, 2.75) is 26.9 Å². The van der Waals surface area contributed by atoms with E-state index in [0.717, 1.165) is 6.42 Å². The van der Waals surface area contributed by atoms with Crippen LogP contribution >= 0.6 is 0 Å². The SMILES string of the molecule is COCc1cccc(CC(C)(C)CN)c1. The lowest BCUT2D eigenvalue weighted by Crippen LogP contribution is -2.25. The molecule has 84 valence electrons. The first kappa shape index (κ1) is 12.2. The molecule has 2 N–H and O–H groups in total. The molecule has 0 unspecified atom stereocenters. The van der Waals surface area contributed by atoms with Crippen molar-refractivity contribution in [1.82, 2.24) is 0 Å². The van der Waals surface area contributed by atoms with E-state index in [0.29, 0.717) is 13.2 Å². The molecule has 0 aliphatic carbocycles. The van der Waals surface area contributed by atoms with Crippen LogP contribution in [0.25, 0.3) is 0 Å². The molecule has 0 aliphatic rings. The fourth-order valence-corrected chi connectivity index (χ4v) is 1.62. The summed E-state index contributed by atoms with van der Waals surface area (Å²) in [7, 11) is 1.72. The molecule has 0 bridgehead atoms. The van der Waals surface area contributed by atoms with Crippen LogP contribution in [0.5, 0.6) is 0 Å². The van der Waals surface area contributed by atoms with Crippen LogP contribution in [0.4, 0.5) is 0 Å². The Morgan fingerprint density at radius 1 is 1.27 bits per heavy atom. The first-order valence-corrected chi connectivity index (χ1v) is 5.34. The first-order valence-electron chi connectivity index (χ1n) is 5.34. The summed E-state index contributed by atoms with van der Waals surface area (Å²) >= 11 is 0. The van der Waals surface area contributed by atoms with Gasteiger partial charge in [0, 0.05) is 7.11 Å². The van der Waals surface area contributed by atoms with Gasteiger partial charge in [-0.15, -0.1) is 0 Å². The Labute approximate surface area is 92.4 Å². The van der Waals surface area contributed by atoms with Crippen molar-refractivity contribution in [2.75, 3.05) is 13.7 Å². The minimum atomic E-state index is 0.172. The van der Waals surface area contributed by atoms with Gasteiger partial charge in [-0.05, 0) is 29.5 Å². The van der Waals surface area contributed by atoms with Gasteiger partial charge in [0.15, 0.2) is 0 Å². The molecular formula is C13H21NO. The minimum Gasteiger partial charge on any atom is -0.380 e. The second-order valence-corrected chi connectivity index (χ2v) is 4.80. The molecule has 0 atom stereocenters. The molecule has 15 heavy (non-hydrogen) atoms. The highest BCUT2D eigenvalue weighted by Crippen LogP contribution is 2.20. The van der Waals surface area contributed by atoms with Crippen molar-refractivity contribution in [2.24, 2.45) is 11.1 Å².